The lowest BCUT2D eigenvalue weighted by atomic mass is 9.99. The number of carbonyl (C=O) groups is 1. The van der Waals surface area contributed by atoms with E-state index < -0.39 is 0 Å². The lowest BCUT2D eigenvalue weighted by molar-refractivity contribution is -0.120. The monoisotopic (exact) mass is 263 g/mol. The molecule has 1 aromatic heterocycles. The third kappa shape index (κ3) is 2.55. The molecule has 0 aromatic carbocycles. The number of thiophene rings is 1. The Balaban J connectivity index is 2.11. The van der Waals surface area contributed by atoms with Gasteiger partial charge < -0.3 is 10.6 Å². The zero-order valence-corrected chi connectivity index (χ0v) is 11.5. The molecule has 1 fully saturated rings. The molecule has 2 rings (SSSR count). The molecule has 2 N–H and O–H groups in total. The summed E-state index contributed by atoms with van der Waals surface area (Å²) in [5.41, 5.74) is 1.58. The number of hydrogen-bond acceptors (Lipinski definition) is 4. The highest BCUT2D eigenvalue weighted by atomic mass is 32.1. The van der Waals surface area contributed by atoms with Crippen molar-refractivity contribution in [2.75, 3.05) is 18.4 Å². The Morgan fingerprint density at radius 3 is 2.94 bits per heavy atom. The standard InChI is InChI=1S/C13H17N3OS/c1-8-9(2)18-13(11(8)6-14)16-12(17)10-4-3-5-15-7-10/h10,15H,3-5,7H2,1-2H3,(H,16,17). The van der Waals surface area contributed by atoms with E-state index in [0.717, 1.165) is 36.4 Å². The van der Waals surface area contributed by atoms with E-state index in [1.54, 1.807) is 0 Å². The number of anilines is 1. The Labute approximate surface area is 111 Å². The number of hydrogen-bond donors (Lipinski definition) is 2. The predicted molar refractivity (Wildman–Crippen MR) is 72.7 cm³/mol. The van der Waals surface area contributed by atoms with Gasteiger partial charge in [-0.25, -0.2) is 0 Å². The van der Waals surface area contributed by atoms with Gasteiger partial charge in [-0.05, 0) is 38.8 Å². The SMILES string of the molecule is Cc1sc(NC(=O)C2CCCNC2)c(C#N)c1C. The fourth-order valence-corrected chi connectivity index (χ4v) is 3.15. The number of piperidine rings is 1. The largest absolute Gasteiger partial charge is 0.316 e. The Hall–Kier alpha value is -1.38. The zero-order chi connectivity index (χ0) is 13.1. The molecule has 1 atom stereocenters. The van der Waals surface area contributed by atoms with Crippen LogP contribution in [-0.2, 0) is 4.79 Å². The van der Waals surface area contributed by atoms with Crippen molar-refractivity contribution in [3.8, 4) is 6.07 Å². The average Bonchev–Trinajstić information content (AvgIpc) is 2.65. The molecule has 0 radical (unpaired) electrons. The van der Waals surface area contributed by atoms with Gasteiger partial charge in [0.1, 0.15) is 11.1 Å². The summed E-state index contributed by atoms with van der Waals surface area (Å²) >= 11 is 1.48. The Bertz CT molecular complexity index is 495. The van der Waals surface area contributed by atoms with E-state index in [9.17, 15) is 4.79 Å². The van der Waals surface area contributed by atoms with E-state index in [1.807, 2.05) is 13.8 Å². The maximum Gasteiger partial charge on any atom is 0.229 e. The van der Waals surface area contributed by atoms with Crippen LogP contribution in [0.15, 0.2) is 0 Å². The van der Waals surface area contributed by atoms with Crippen LogP contribution < -0.4 is 10.6 Å². The van der Waals surface area contributed by atoms with E-state index in [4.69, 9.17) is 5.26 Å². The summed E-state index contributed by atoms with van der Waals surface area (Å²) in [6.07, 6.45) is 1.95. The van der Waals surface area contributed by atoms with E-state index in [0.29, 0.717) is 10.6 Å². The molecule has 0 saturated carbocycles. The summed E-state index contributed by atoms with van der Waals surface area (Å²) in [5.74, 6) is 0.0490. The van der Waals surface area contributed by atoms with Crippen LogP contribution in [0.5, 0.6) is 0 Å². The van der Waals surface area contributed by atoms with Crippen molar-refractivity contribution in [3.63, 3.8) is 0 Å². The van der Waals surface area contributed by atoms with Crippen molar-refractivity contribution in [1.29, 1.82) is 5.26 Å². The van der Waals surface area contributed by atoms with Gasteiger partial charge in [0.05, 0.1) is 11.5 Å². The summed E-state index contributed by atoms with van der Waals surface area (Å²) in [6.45, 7) is 5.61. The topological polar surface area (TPSA) is 64.9 Å². The fourth-order valence-electron chi connectivity index (χ4n) is 2.14. The molecule has 1 amide bonds. The molecule has 1 unspecified atom stereocenters. The first-order valence-corrected chi connectivity index (χ1v) is 6.96. The quantitative estimate of drug-likeness (QED) is 0.859. The van der Waals surface area contributed by atoms with Crippen molar-refractivity contribution in [2.45, 2.75) is 26.7 Å². The first-order chi connectivity index (χ1) is 8.63. The number of aryl methyl sites for hydroxylation is 1. The molecule has 0 spiro atoms. The number of nitrogens with zero attached hydrogens (tertiary/aromatic N) is 1. The number of nitrogens with one attached hydrogen (secondary N) is 2. The molecule has 5 heteroatoms. The van der Waals surface area contributed by atoms with Crippen molar-refractivity contribution >= 4 is 22.2 Å². The van der Waals surface area contributed by atoms with Gasteiger partial charge in [0.15, 0.2) is 0 Å². The van der Waals surface area contributed by atoms with Crippen molar-refractivity contribution in [2.24, 2.45) is 5.92 Å². The highest BCUT2D eigenvalue weighted by Crippen LogP contribution is 2.32. The summed E-state index contributed by atoms with van der Waals surface area (Å²) in [5, 5.41) is 16.0. The lowest BCUT2D eigenvalue weighted by Gasteiger charge is -2.21. The number of amides is 1. The number of nitriles is 1. The fraction of sp³-hybridized carbons (Fsp3) is 0.538. The minimum atomic E-state index is 0.0213. The normalized spacial score (nSPS) is 19.3. The second-order valence-corrected chi connectivity index (χ2v) is 5.86. The predicted octanol–water partition coefficient (Wildman–Crippen LogP) is 2.17. The van der Waals surface area contributed by atoms with Gasteiger partial charge in [-0.1, -0.05) is 0 Å². The Kier molecular flexibility index (Phi) is 4.00. The van der Waals surface area contributed by atoms with E-state index >= 15 is 0 Å². The van der Waals surface area contributed by atoms with Crippen molar-refractivity contribution in [1.82, 2.24) is 5.32 Å². The van der Waals surface area contributed by atoms with Gasteiger partial charge in [0.2, 0.25) is 5.91 Å². The molecule has 4 nitrogen and oxygen atoms in total. The van der Waals surface area contributed by atoms with Gasteiger partial charge in [0, 0.05) is 11.4 Å². The molecule has 96 valence electrons. The molecule has 1 aliphatic heterocycles. The van der Waals surface area contributed by atoms with Crippen LogP contribution in [0.4, 0.5) is 5.00 Å². The zero-order valence-electron chi connectivity index (χ0n) is 10.7. The van der Waals surface area contributed by atoms with Crippen molar-refractivity contribution in [3.05, 3.63) is 16.0 Å². The third-order valence-electron chi connectivity index (χ3n) is 3.40. The van der Waals surface area contributed by atoms with Gasteiger partial charge >= 0.3 is 0 Å². The van der Waals surface area contributed by atoms with E-state index in [1.165, 1.54) is 11.3 Å². The van der Waals surface area contributed by atoms with Crippen LogP contribution in [0.2, 0.25) is 0 Å². The minimum Gasteiger partial charge on any atom is -0.316 e. The second kappa shape index (κ2) is 5.51. The van der Waals surface area contributed by atoms with Crippen LogP contribution in [0.1, 0.15) is 28.8 Å². The van der Waals surface area contributed by atoms with Crippen LogP contribution in [-0.4, -0.2) is 19.0 Å². The summed E-state index contributed by atoms with van der Waals surface area (Å²) in [6, 6.07) is 2.17. The van der Waals surface area contributed by atoms with Crippen LogP contribution in [0, 0.1) is 31.1 Å². The van der Waals surface area contributed by atoms with Crippen LogP contribution >= 0.6 is 11.3 Å². The van der Waals surface area contributed by atoms with Crippen molar-refractivity contribution < 1.29 is 4.79 Å². The second-order valence-electron chi connectivity index (χ2n) is 4.63. The average molecular weight is 263 g/mol. The maximum absolute atomic E-state index is 12.1. The molecule has 18 heavy (non-hydrogen) atoms. The van der Waals surface area contributed by atoms with Gasteiger partial charge in [-0.2, -0.15) is 5.26 Å². The van der Waals surface area contributed by atoms with E-state index in [-0.39, 0.29) is 11.8 Å². The maximum atomic E-state index is 12.1. The summed E-state index contributed by atoms with van der Waals surface area (Å²) < 4.78 is 0. The molecule has 1 saturated heterocycles. The molecule has 0 bridgehead atoms. The third-order valence-corrected chi connectivity index (χ3v) is 4.52. The van der Waals surface area contributed by atoms with Gasteiger partial charge in [-0.3, -0.25) is 4.79 Å². The summed E-state index contributed by atoms with van der Waals surface area (Å²) in [7, 11) is 0. The first kappa shape index (κ1) is 13.1. The Morgan fingerprint density at radius 2 is 2.33 bits per heavy atom. The molecule has 1 aromatic rings. The molecule has 1 aliphatic rings. The minimum absolute atomic E-state index is 0.0213. The number of rotatable bonds is 2. The molecular weight excluding hydrogens is 246 g/mol. The van der Waals surface area contributed by atoms with Crippen LogP contribution in [0.3, 0.4) is 0 Å². The van der Waals surface area contributed by atoms with E-state index in [2.05, 4.69) is 16.7 Å². The van der Waals surface area contributed by atoms with Gasteiger partial charge in [0.25, 0.3) is 0 Å². The van der Waals surface area contributed by atoms with Gasteiger partial charge in [-0.15, -0.1) is 11.3 Å². The summed E-state index contributed by atoms with van der Waals surface area (Å²) in [4.78, 5) is 13.2. The molecule has 0 aliphatic carbocycles. The van der Waals surface area contributed by atoms with Crippen LogP contribution in [0.25, 0.3) is 0 Å². The smallest absolute Gasteiger partial charge is 0.229 e. The first-order valence-electron chi connectivity index (χ1n) is 6.15. The lowest BCUT2D eigenvalue weighted by Crippen LogP contribution is -2.37. The highest BCUT2D eigenvalue weighted by Gasteiger charge is 2.23. The Morgan fingerprint density at radius 1 is 1.56 bits per heavy atom. The highest BCUT2D eigenvalue weighted by molar-refractivity contribution is 7.16. The molecule has 2 heterocycles. The number of carbonyl (C=O) groups excluding carboxylic acids is 1. The molecular formula is C13H17N3OS.